The maximum absolute atomic E-state index is 12.3. The number of aromatic nitrogens is 1. The highest BCUT2D eigenvalue weighted by molar-refractivity contribution is 5.89. The van der Waals surface area contributed by atoms with Gasteiger partial charge in [-0.15, -0.1) is 0 Å². The molecule has 0 saturated carbocycles. The van der Waals surface area contributed by atoms with Crippen molar-refractivity contribution in [2.24, 2.45) is 0 Å². The predicted octanol–water partition coefficient (Wildman–Crippen LogP) is 1.53. The van der Waals surface area contributed by atoms with E-state index < -0.39 is 12.0 Å². The first-order valence-corrected chi connectivity index (χ1v) is 9.66. The Labute approximate surface area is 158 Å². The van der Waals surface area contributed by atoms with Gasteiger partial charge in [0.25, 0.3) is 0 Å². The molecule has 2 saturated heterocycles. The highest BCUT2D eigenvalue weighted by atomic mass is 16.4. The number of fused-ring (bicyclic) bond motifs is 1. The third-order valence-corrected chi connectivity index (χ3v) is 5.74. The van der Waals surface area contributed by atoms with Gasteiger partial charge in [0.05, 0.1) is 6.54 Å². The number of carboxylic acids is 1. The number of nitrogens with one attached hydrogen (secondary N) is 1. The Morgan fingerprint density at radius 3 is 2.44 bits per heavy atom. The van der Waals surface area contributed by atoms with Crippen molar-refractivity contribution in [1.82, 2.24) is 19.7 Å². The second kappa shape index (κ2) is 7.70. The number of aromatic amines is 1. The van der Waals surface area contributed by atoms with E-state index in [1.165, 1.54) is 0 Å². The Hall–Kier alpha value is -2.38. The van der Waals surface area contributed by atoms with E-state index in [9.17, 15) is 14.7 Å². The molecule has 2 fully saturated rings. The summed E-state index contributed by atoms with van der Waals surface area (Å²) in [5.41, 5.74) is 1.76. The number of hydrogen-bond donors (Lipinski definition) is 2. The number of carbonyl (C=O) groups excluding carboxylic acids is 1. The molecule has 0 bridgehead atoms. The van der Waals surface area contributed by atoms with E-state index in [0.29, 0.717) is 32.7 Å². The minimum atomic E-state index is -0.832. The summed E-state index contributed by atoms with van der Waals surface area (Å²) in [5, 5.41) is 10.8. The first-order chi connectivity index (χ1) is 13.1. The Balaban J connectivity index is 1.42. The molecule has 1 aromatic heterocycles. The molecule has 2 aromatic rings. The number of H-pyrrole nitrogens is 1. The average Bonchev–Trinajstić information content (AvgIpc) is 3.34. The number of carbonyl (C=O) groups is 2. The zero-order valence-electron chi connectivity index (χ0n) is 15.4. The Kier molecular flexibility index (Phi) is 5.13. The molecule has 7 heteroatoms. The molecule has 144 valence electrons. The van der Waals surface area contributed by atoms with Crippen molar-refractivity contribution in [3.8, 4) is 0 Å². The standard InChI is InChI=1S/C20H26N4O3/c25-18(23-7-3-4-8-23)14-22-9-11-24(12-10-22)19(20(26)27)16-13-21-17-6-2-1-5-15(16)17/h1-2,5-6,13,19,21H,3-4,7-12,14H2,(H,26,27)/t19-/m0/s1. The van der Waals surface area contributed by atoms with E-state index in [4.69, 9.17) is 0 Å². The minimum Gasteiger partial charge on any atom is -0.480 e. The van der Waals surface area contributed by atoms with Crippen LogP contribution in [-0.4, -0.2) is 82.5 Å². The van der Waals surface area contributed by atoms with Crippen molar-refractivity contribution >= 4 is 22.8 Å². The third-order valence-electron chi connectivity index (χ3n) is 5.74. The van der Waals surface area contributed by atoms with E-state index in [1.807, 2.05) is 40.3 Å². The first-order valence-electron chi connectivity index (χ1n) is 9.66. The summed E-state index contributed by atoms with van der Waals surface area (Å²) in [7, 11) is 0. The number of para-hydroxylation sites is 1. The van der Waals surface area contributed by atoms with Gasteiger partial charge in [0.1, 0.15) is 6.04 Å². The number of aliphatic carboxylic acids is 1. The monoisotopic (exact) mass is 370 g/mol. The molecule has 3 heterocycles. The quantitative estimate of drug-likeness (QED) is 0.835. The van der Waals surface area contributed by atoms with Gasteiger partial charge in [-0.1, -0.05) is 18.2 Å². The van der Waals surface area contributed by atoms with Gasteiger partial charge < -0.3 is 15.0 Å². The lowest BCUT2D eigenvalue weighted by atomic mass is 10.0. The fourth-order valence-corrected chi connectivity index (χ4v) is 4.24. The van der Waals surface area contributed by atoms with Crippen LogP contribution in [0.25, 0.3) is 10.9 Å². The molecule has 2 N–H and O–H groups in total. The van der Waals surface area contributed by atoms with Gasteiger partial charge >= 0.3 is 5.97 Å². The largest absolute Gasteiger partial charge is 0.480 e. The maximum atomic E-state index is 12.3. The first kappa shape index (κ1) is 18.0. The van der Waals surface area contributed by atoms with E-state index in [0.717, 1.165) is 42.4 Å². The summed E-state index contributed by atoms with van der Waals surface area (Å²) in [6, 6.07) is 7.12. The molecule has 27 heavy (non-hydrogen) atoms. The molecule has 0 radical (unpaired) electrons. The molecule has 4 rings (SSSR count). The summed E-state index contributed by atoms with van der Waals surface area (Å²) in [6.45, 7) is 4.91. The zero-order valence-corrected chi connectivity index (χ0v) is 15.4. The van der Waals surface area contributed by atoms with Crippen LogP contribution in [0.4, 0.5) is 0 Å². The summed E-state index contributed by atoms with van der Waals surface area (Å²) >= 11 is 0. The third kappa shape index (κ3) is 3.70. The summed E-state index contributed by atoms with van der Waals surface area (Å²) in [4.78, 5) is 33.7. The van der Waals surface area contributed by atoms with Crippen LogP contribution in [-0.2, 0) is 9.59 Å². The van der Waals surface area contributed by atoms with Crippen LogP contribution in [0, 0.1) is 0 Å². The predicted molar refractivity (Wildman–Crippen MR) is 103 cm³/mol. The van der Waals surface area contributed by atoms with Crippen LogP contribution in [0.3, 0.4) is 0 Å². The van der Waals surface area contributed by atoms with Crippen LogP contribution in [0.5, 0.6) is 0 Å². The molecule has 1 amide bonds. The number of carboxylic acid groups (broad SMARTS) is 1. The second-order valence-electron chi connectivity index (χ2n) is 7.43. The Bertz CT molecular complexity index is 819. The van der Waals surface area contributed by atoms with Gasteiger partial charge in [-0.2, -0.15) is 0 Å². The lowest BCUT2D eigenvalue weighted by Gasteiger charge is -2.37. The van der Waals surface area contributed by atoms with Crippen molar-refractivity contribution in [3.63, 3.8) is 0 Å². The van der Waals surface area contributed by atoms with Gasteiger partial charge in [-0.3, -0.25) is 19.4 Å². The molecule has 0 spiro atoms. The number of nitrogens with zero attached hydrogens (tertiary/aromatic N) is 3. The number of hydrogen-bond acceptors (Lipinski definition) is 4. The topological polar surface area (TPSA) is 79.9 Å². The van der Waals surface area contributed by atoms with Crippen LogP contribution in [0.15, 0.2) is 30.5 Å². The van der Waals surface area contributed by atoms with E-state index in [1.54, 1.807) is 0 Å². The van der Waals surface area contributed by atoms with Crippen LogP contribution >= 0.6 is 0 Å². The fraction of sp³-hybridized carbons (Fsp3) is 0.500. The van der Waals surface area contributed by atoms with Gasteiger partial charge in [-0.05, 0) is 18.9 Å². The number of amides is 1. The van der Waals surface area contributed by atoms with Gasteiger partial charge in [0.15, 0.2) is 0 Å². The van der Waals surface area contributed by atoms with Crippen LogP contribution < -0.4 is 0 Å². The van der Waals surface area contributed by atoms with Crippen molar-refractivity contribution in [2.75, 3.05) is 45.8 Å². The normalized spacial score (nSPS) is 20.2. The smallest absolute Gasteiger partial charge is 0.325 e. The van der Waals surface area contributed by atoms with Crippen molar-refractivity contribution < 1.29 is 14.7 Å². The lowest BCUT2D eigenvalue weighted by Crippen LogP contribution is -2.51. The van der Waals surface area contributed by atoms with Gasteiger partial charge in [0.2, 0.25) is 5.91 Å². The number of likely N-dealkylation sites (tertiary alicyclic amines) is 1. The molecule has 1 atom stereocenters. The van der Waals surface area contributed by atoms with Crippen LogP contribution in [0.1, 0.15) is 24.4 Å². The molecule has 2 aliphatic heterocycles. The summed E-state index contributed by atoms with van der Waals surface area (Å²) in [6.07, 6.45) is 4.02. The van der Waals surface area contributed by atoms with E-state index in [-0.39, 0.29) is 5.91 Å². The van der Waals surface area contributed by atoms with Crippen molar-refractivity contribution in [2.45, 2.75) is 18.9 Å². The maximum Gasteiger partial charge on any atom is 0.325 e. The molecule has 0 aliphatic carbocycles. The molecular weight excluding hydrogens is 344 g/mol. The van der Waals surface area contributed by atoms with Crippen LogP contribution in [0.2, 0.25) is 0 Å². The fourth-order valence-electron chi connectivity index (χ4n) is 4.24. The number of rotatable bonds is 5. The zero-order chi connectivity index (χ0) is 18.8. The second-order valence-corrected chi connectivity index (χ2v) is 7.43. The molecule has 0 unspecified atom stereocenters. The van der Waals surface area contributed by atoms with Crippen molar-refractivity contribution in [1.29, 1.82) is 0 Å². The molecule has 7 nitrogen and oxygen atoms in total. The van der Waals surface area contributed by atoms with Gasteiger partial charge in [0, 0.05) is 61.9 Å². The average molecular weight is 370 g/mol. The summed E-state index contributed by atoms with van der Waals surface area (Å²) < 4.78 is 0. The van der Waals surface area contributed by atoms with E-state index >= 15 is 0 Å². The van der Waals surface area contributed by atoms with Crippen molar-refractivity contribution in [3.05, 3.63) is 36.0 Å². The Morgan fingerprint density at radius 1 is 1.04 bits per heavy atom. The lowest BCUT2D eigenvalue weighted by molar-refractivity contribution is -0.145. The molecule has 1 aromatic carbocycles. The molecule has 2 aliphatic rings. The minimum absolute atomic E-state index is 0.201. The van der Waals surface area contributed by atoms with E-state index in [2.05, 4.69) is 9.88 Å². The Morgan fingerprint density at radius 2 is 1.74 bits per heavy atom. The summed E-state index contributed by atoms with van der Waals surface area (Å²) in [5.74, 6) is -0.631. The molecular formula is C20H26N4O3. The SMILES string of the molecule is O=C(O)[C@H](c1c[nH]c2ccccc12)N1CCN(CC(=O)N2CCCC2)CC1. The number of benzene rings is 1. The highest BCUT2D eigenvalue weighted by Crippen LogP contribution is 2.29. The van der Waals surface area contributed by atoms with Gasteiger partial charge in [-0.25, -0.2) is 0 Å². The number of piperazine rings is 1. The highest BCUT2D eigenvalue weighted by Gasteiger charge is 2.32.